The first-order valence-electron chi connectivity index (χ1n) is 10.5. The Kier molecular flexibility index (Phi) is 3.86. The van der Waals surface area contributed by atoms with Gasteiger partial charge < -0.3 is 4.84 Å². The molecule has 0 N–H and O–H groups in total. The predicted octanol–water partition coefficient (Wildman–Crippen LogP) is 6.07. The van der Waals surface area contributed by atoms with Crippen molar-refractivity contribution in [2.24, 2.45) is 11.1 Å². The molecule has 142 valence electrons. The third kappa shape index (κ3) is 2.65. The van der Waals surface area contributed by atoms with E-state index < -0.39 is 0 Å². The van der Waals surface area contributed by atoms with Crippen LogP contribution in [0.4, 0.5) is 0 Å². The maximum atomic E-state index is 6.10. The van der Waals surface area contributed by atoms with E-state index in [9.17, 15) is 0 Å². The van der Waals surface area contributed by atoms with E-state index in [1.165, 1.54) is 33.8 Å². The summed E-state index contributed by atoms with van der Waals surface area (Å²) in [4.78, 5) is 11.3. The van der Waals surface area contributed by atoms with Crippen molar-refractivity contribution in [1.82, 2.24) is 4.98 Å². The van der Waals surface area contributed by atoms with E-state index in [1.54, 1.807) is 0 Å². The van der Waals surface area contributed by atoms with E-state index in [2.05, 4.69) is 78.0 Å². The Balaban J connectivity index is 1.47. The minimum atomic E-state index is 0.0658. The highest BCUT2D eigenvalue weighted by atomic mass is 16.6. The number of aromatic nitrogens is 1. The van der Waals surface area contributed by atoms with E-state index in [1.807, 2.05) is 6.07 Å². The van der Waals surface area contributed by atoms with Crippen molar-refractivity contribution in [2.75, 3.05) is 0 Å². The lowest BCUT2D eigenvalue weighted by atomic mass is 9.73. The maximum Gasteiger partial charge on any atom is 0.144 e. The van der Waals surface area contributed by atoms with Crippen molar-refractivity contribution < 1.29 is 4.84 Å². The van der Waals surface area contributed by atoms with E-state index in [0.29, 0.717) is 5.92 Å². The van der Waals surface area contributed by atoms with Crippen LogP contribution in [0.5, 0.6) is 0 Å². The fourth-order valence-electron chi connectivity index (χ4n) is 5.17. The van der Waals surface area contributed by atoms with Gasteiger partial charge in [-0.3, -0.25) is 4.98 Å². The number of hydrogen-bond donors (Lipinski definition) is 0. The molecule has 2 aliphatic rings. The highest BCUT2D eigenvalue weighted by molar-refractivity contribution is 6.07. The summed E-state index contributed by atoms with van der Waals surface area (Å²) in [7, 11) is 0. The first-order valence-corrected chi connectivity index (χ1v) is 10.5. The van der Waals surface area contributed by atoms with E-state index in [0.717, 1.165) is 24.1 Å². The minimum absolute atomic E-state index is 0.0658. The molecule has 0 unspecified atom stereocenters. The van der Waals surface area contributed by atoms with Gasteiger partial charge in [-0.15, -0.1) is 0 Å². The first-order chi connectivity index (χ1) is 14.4. The molecule has 0 amide bonds. The molecule has 3 atom stereocenters. The summed E-state index contributed by atoms with van der Waals surface area (Å²) < 4.78 is 0. The Morgan fingerprint density at radius 2 is 1.38 bits per heavy atom. The third-order valence-electron chi connectivity index (χ3n) is 6.51. The predicted molar refractivity (Wildman–Crippen MR) is 117 cm³/mol. The lowest BCUT2D eigenvalue weighted by molar-refractivity contribution is 0.0222. The minimum Gasteiger partial charge on any atom is -0.391 e. The standard InChI is InChI=1S/C26H22N2O/c1-2-9-17(10-3-1)24-21-14-8-15-22(26(21)29-28-24)25-20-13-5-4-11-18(20)19-12-6-7-16-23(19)27-25/h1-7,9-13,16,21-22,26H,8,14-15H2/t21-,22-,26+/m0/s1. The molecule has 0 saturated heterocycles. The zero-order valence-electron chi connectivity index (χ0n) is 16.2. The molecule has 29 heavy (non-hydrogen) atoms. The number of nitrogens with zero attached hydrogens (tertiary/aromatic N) is 2. The van der Waals surface area contributed by atoms with Gasteiger partial charge in [-0.05, 0) is 29.9 Å². The molecule has 6 rings (SSSR count). The Bertz CT molecular complexity index is 1230. The highest BCUT2D eigenvalue weighted by Crippen LogP contribution is 2.45. The average molecular weight is 378 g/mol. The Labute approximate surface area is 170 Å². The molecule has 0 radical (unpaired) electrons. The van der Waals surface area contributed by atoms with Gasteiger partial charge >= 0.3 is 0 Å². The number of oxime groups is 1. The fraction of sp³-hybridized carbons (Fsp3) is 0.231. The van der Waals surface area contributed by atoms with Crippen LogP contribution >= 0.6 is 0 Å². The Morgan fingerprint density at radius 3 is 2.24 bits per heavy atom. The van der Waals surface area contributed by atoms with Crippen LogP contribution in [0, 0.1) is 5.92 Å². The van der Waals surface area contributed by atoms with E-state index in [4.69, 9.17) is 9.82 Å². The molecular formula is C26H22N2O. The molecule has 3 heteroatoms. The van der Waals surface area contributed by atoms with Crippen LogP contribution in [0.25, 0.3) is 21.7 Å². The van der Waals surface area contributed by atoms with E-state index in [-0.39, 0.29) is 12.0 Å². The number of hydrogen-bond acceptors (Lipinski definition) is 3. The second-order valence-corrected chi connectivity index (χ2v) is 8.12. The maximum absolute atomic E-state index is 6.10. The molecule has 1 aliphatic carbocycles. The Hall–Kier alpha value is -3.20. The zero-order chi connectivity index (χ0) is 19.2. The number of para-hydroxylation sites is 1. The molecule has 0 bridgehead atoms. The number of rotatable bonds is 2. The van der Waals surface area contributed by atoms with Gasteiger partial charge in [0.25, 0.3) is 0 Å². The fourth-order valence-corrected chi connectivity index (χ4v) is 5.17. The van der Waals surface area contributed by atoms with Gasteiger partial charge in [0.2, 0.25) is 0 Å². The molecule has 0 spiro atoms. The van der Waals surface area contributed by atoms with Gasteiger partial charge in [-0.25, -0.2) is 0 Å². The second kappa shape index (κ2) is 6.70. The van der Waals surface area contributed by atoms with Gasteiger partial charge in [0.05, 0.1) is 16.9 Å². The van der Waals surface area contributed by atoms with Crippen LogP contribution < -0.4 is 0 Å². The van der Waals surface area contributed by atoms with Crippen molar-refractivity contribution in [3.63, 3.8) is 0 Å². The molecule has 3 aromatic carbocycles. The average Bonchev–Trinajstić information content (AvgIpc) is 3.23. The van der Waals surface area contributed by atoms with Crippen LogP contribution in [-0.4, -0.2) is 16.8 Å². The van der Waals surface area contributed by atoms with Crippen LogP contribution in [-0.2, 0) is 4.84 Å². The third-order valence-corrected chi connectivity index (χ3v) is 6.51. The zero-order valence-corrected chi connectivity index (χ0v) is 16.2. The topological polar surface area (TPSA) is 34.5 Å². The number of pyridine rings is 1. The van der Waals surface area contributed by atoms with Crippen molar-refractivity contribution >= 4 is 27.4 Å². The van der Waals surface area contributed by atoms with Gasteiger partial charge in [-0.1, -0.05) is 84.4 Å². The molecule has 1 fully saturated rings. The van der Waals surface area contributed by atoms with Crippen molar-refractivity contribution in [3.05, 3.63) is 90.1 Å². The molecule has 2 heterocycles. The van der Waals surface area contributed by atoms with Crippen LogP contribution in [0.1, 0.15) is 36.4 Å². The molecular weight excluding hydrogens is 356 g/mol. The molecule has 1 aliphatic heterocycles. The number of benzene rings is 3. The summed E-state index contributed by atoms with van der Waals surface area (Å²) in [6, 6.07) is 27.6. The van der Waals surface area contributed by atoms with Gasteiger partial charge in [0.1, 0.15) is 6.10 Å². The van der Waals surface area contributed by atoms with Crippen molar-refractivity contribution in [2.45, 2.75) is 31.3 Å². The van der Waals surface area contributed by atoms with Gasteiger partial charge in [-0.2, -0.15) is 0 Å². The lowest BCUT2D eigenvalue weighted by Gasteiger charge is -2.32. The summed E-state index contributed by atoms with van der Waals surface area (Å²) >= 11 is 0. The smallest absolute Gasteiger partial charge is 0.144 e. The molecule has 4 aromatic rings. The number of fused-ring (bicyclic) bond motifs is 4. The van der Waals surface area contributed by atoms with Gasteiger partial charge in [0.15, 0.2) is 0 Å². The van der Waals surface area contributed by atoms with Crippen molar-refractivity contribution in [3.8, 4) is 0 Å². The lowest BCUT2D eigenvalue weighted by Crippen LogP contribution is -2.34. The second-order valence-electron chi connectivity index (χ2n) is 8.12. The summed E-state index contributed by atoms with van der Waals surface area (Å²) in [5, 5.41) is 8.29. The largest absolute Gasteiger partial charge is 0.391 e. The summed E-state index contributed by atoms with van der Waals surface area (Å²) in [6.45, 7) is 0. The normalized spacial score (nSPS) is 23.6. The first kappa shape index (κ1) is 16.7. The molecule has 1 saturated carbocycles. The summed E-state index contributed by atoms with van der Waals surface area (Å²) in [6.07, 6.45) is 3.45. The Morgan fingerprint density at radius 1 is 0.690 bits per heavy atom. The van der Waals surface area contributed by atoms with Crippen molar-refractivity contribution in [1.29, 1.82) is 0 Å². The van der Waals surface area contributed by atoms with Crippen LogP contribution in [0.2, 0.25) is 0 Å². The molecule has 3 nitrogen and oxygen atoms in total. The quantitative estimate of drug-likeness (QED) is 0.397. The highest BCUT2D eigenvalue weighted by Gasteiger charge is 2.44. The SMILES string of the molecule is c1ccc(C2=NO[C@@H]3[C@H]2CCC[C@H]3c2nc3ccccc3c3ccccc23)cc1. The monoisotopic (exact) mass is 378 g/mol. The van der Waals surface area contributed by atoms with Crippen LogP contribution in [0.15, 0.2) is 84.0 Å². The van der Waals surface area contributed by atoms with E-state index >= 15 is 0 Å². The summed E-state index contributed by atoms with van der Waals surface area (Å²) in [5.74, 6) is 0.594. The molecule has 1 aromatic heterocycles. The van der Waals surface area contributed by atoms with Gasteiger partial charge in [0, 0.05) is 22.6 Å². The summed E-state index contributed by atoms with van der Waals surface area (Å²) in [5.41, 5.74) is 4.51. The van der Waals surface area contributed by atoms with Crippen LogP contribution in [0.3, 0.4) is 0 Å².